The molecular formula is C22H19N3O3S. The maximum atomic E-state index is 13.3. The van der Waals surface area contributed by atoms with Gasteiger partial charge in [0.2, 0.25) is 5.70 Å². The van der Waals surface area contributed by atoms with Crippen LogP contribution in [0.5, 0.6) is 0 Å². The van der Waals surface area contributed by atoms with Gasteiger partial charge in [0, 0.05) is 30.0 Å². The lowest BCUT2D eigenvalue weighted by atomic mass is 10.1. The van der Waals surface area contributed by atoms with Crippen LogP contribution >= 0.6 is 12.2 Å². The van der Waals surface area contributed by atoms with E-state index in [1.807, 2.05) is 37.3 Å². The number of aromatic nitrogens is 1. The summed E-state index contributed by atoms with van der Waals surface area (Å²) in [5.74, 6) is -0.331. The number of aryl methyl sites for hydroxylation is 1. The van der Waals surface area contributed by atoms with E-state index in [-0.39, 0.29) is 22.1 Å². The fourth-order valence-electron chi connectivity index (χ4n) is 2.89. The molecule has 7 heteroatoms. The Bertz CT molecular complexity index is 1060. The Kier molecular flexibility index (Phi) is 6.31. The molecule has 0 saturated carbocycles. The molecule has 0 aliphatic heterocycles. The molecule has 0 amide bonds. The van der Waals surface area contributed by atoms with Crippen molar-refractivity contribution in [2.75, 3.05) is 5.32 Å². The normalized spacial score (nSPS) is 11.5. The lowest BCUT2D eigenvalue weighted by molar-refractivity contribution is -0.577. The van der Waals surface area contributed by atoms with Crippen LogP contribution in [0, 0.1) is 10.1 Å². The molecule has 0 radical (unpaired) electrons. The minimum atomic E-state index is -0.501. The summed E-state index contributed by atoms with van der Waals surface area (Å²) in [4.78, 5) is 10.7. The van der Waals surface area contributed by atoms with Crippen molar-refractivity contribution in [2.24, 2.45) is 0 Å². The quantitative estimate of drug-likeness (QED) is 0.169. The number of hydrogen-bond acceptors (Lipinski definition) is 4. The Morgan fingerprint density at radius 2 is 1.69 bits per heavy atom. The second-order valence-electron chi connectivity index (χ2n) is 6.23. The zero-order valence-corrected chi connectivity index (χ0v) is 16.6. The largest absolute Gasteiger partial charge is 0.867 e. The van der Waals surface area contributed by atoms with Gasteiger partial charge in [0.1, 0.15) is 0 Å². The van der Waals surface area contributed by atoms with Crippen molar-refractivity contribution in [1.29, 1.82) is 0 Å². The zero-order chi connectivity index (χ0) is 20.8. The van der Waals surface area contributed by atoms with Gasteiger partial charge >= 0.3 is 0 Å². The van der Waals surface area contributed by atoms with Crippen LogP contribution in [0.25, 0.3) is 11.5 Å². The minimum Gasteiger partial charge on any atom is -0.867 e. The zero-order valence-electron chi connectivity index (χ0n) is 15.7. The van der Waals surface area contributed by atoms with Crippen molar-refractivity contribution in [3.63, 3.8) is 0 Å². The van der Waals surface area contributed by atoms with Gasteiger partial charge < -0.3 is 10.4 Å². The third kappa shape index (κ3) is 4.64. The first-order valence-electron chi connectivity index (χ1n) is 9.03. The molecule has 0 bridgehead atoms. The summed E-state index contributed by atoms with van der Waals surface area (Å²) in [6.07, 6.45) is 4.28. The van der Waals surface area contributed by atoms with Gasteiger partial charge in [-0.25, -0.2) is 0 Å². The number of pyridine rings is 1. The number of nitrogens with zero attached hydrogens (tertiary/aromatic N) is 2. The van der Waals surface area contributed by atoms with E-state index in [1.165, 1.54) is 24.3 Å². The van der Waals surface area contributed by atoms with Crippen LogP contribution in [-0.4, -0.2) is 9.91 Å². The summed E-state index contributed by atoms with van der Waals surface area (Å²) in [5.41, 5.74) is 2.42. The topological polar surface area (TPSA) is 82.1 Å². The molecule has 2 aromatic carbocycles. The molecular weight excluding hydrogens is 386 g/mol. The third-order valence-corrected chi connectivity index (χ3v) is 4.69. The molecule has 29 heavy (non-hydrogen) atoms. The van der Waals surface area contributed by atoms with Gasteiger partial charge in [-0.3, -0.25) is 10.1 Å². The number of hydrogen-bond donors (Lipinski definition) is 1. The van der Waals surface area contributed by atoms with Crippen LogP contribution in [0.2, 0.25) is 0 Å². The molecule has 0 aliphatic rings. The summed E-state index contributed by atoms with van der Waals surface area (Å²) < 4.78 is 1.65. The summed E-state index contributed by atoms with van der Waals surface area (Å²) in [6.45, 7) is 2.04. The molecule has 0 atom stereocenters. The van der Waals surface area contributed by atoms with Gasteiger partial charge in [-0.2, -0.15) is 4.57 Å². The molecule has 0 saturated heterocycles. The van der Waals surface area contributed by atoms with Crippen LogP contribution in [-0.2, 0) is 6.42 Å². The fraction of sp³-hybridized carbons (Fsp3) is 0.0909. The van der Waals surface area contributed by atoms with Crippen molar-refractivity contribution in [1.82, 2.24) is 0 Å². The molecule has 0 spiro atoms. The Morgan fingerprint density at radius 1 is 1.03 bits per heavy atom. The monoisotopic (exact) mass is 405 g/mol. The van der Waals surface area contributed by atoms with Crippen molar-refractivity contribution in [3.8, 4) is 0 Å². The first-order valence-corrected chi connectivity index (χ1v) is 9.44. The number of para-hydroxylation sites is 1. The average Bonchev–Trinajstić information content (AvgIpc) is 2.75. The molecule has 0 aliphatic carbocycles. The van der Waals surface area contributed by atoms with Gasteiger partial charge in [-0.1, -0.05) is 43.4 Å². The maximum absolute atomic E-state index is 13.3. The van der Waals surface area contributed by atoms with E-state index in [0.29, 0.717) is 5.56 Å². The number of nitrogens with one attached hydrogen (secondary N) is 1. The van der Waals surface area contributed by atoms with Gasteiger partial charge in [-0.15, -0.1) is 0 Å². The Balaban J connectivity index is 2.06. The van der Waals surface area contributed by atoms with Crippen molar-refractivity contribution < 1.29 is 14.6 Å². The molecule has 0 unspecified atom stereocenters. The standard InChI is InChI=1S/C22H19N3O3S/c1-2-16-8-4-5-9-19(16)23-22(29)20(24-14-6-3-7-15-24)21(26)17-10-12-18(13-11-17)25(27)28/h3-15H,2H2,1H3,(H-,23,26,29). The minimum absolute atomic E-state index is 0.0759. The fourth-order valence-corrected chi connectivity index (χ4v) is 3.20. The van der Waals surface area contributed by atoms with Gasteiger partial charge in [0.25, 0.3) is 5.69 Å². The highest BCUT2D eigenvalue weighted by Gasteiger charge is 2.19. The van der Waals surface area contributed by atoms with Crippen LogP contribution in [0.4, 0.5) is 11.4 Å². The smallest absolute Gasteiger partial charge is 0.269 e. The van der Waals surface area contributed by atoms with Crippen LogP contribution in [0.15, 0.2) is 79.1 Å². The average molecular weight is 405 g/mol. The van der Waals surface area contributed by atoms with Crippen molar-refractivity contribution >= 4 is 40.0 Å². The van der Waals surface area contributed by atoms with E-state index in [4.69, 9.17) is 12.2 Å². The SMILES string of the molecule is CCc1ccccc1NC(=S)C(=C([O-])c1ccc([N+](=O)[O-])cc1)[n+]1ccccc1. The Labute approximate surface area is 173 Å². The molecule has 3 aromatic rings. The first kappa shape index (κ1) is 20.2. The predicted molar refractivity (Wildman–Crippen MR) is 115 cm³/mol. The van der Waals surface area contributed by atoms with Crippen LogP contribution < -0.4 is 15.0 Å². The third-order valence-electron chi connectivity index (χ3n) is 4.39. The highest BCUT2D eigenvalue weighted by Crippen LogP contribution is 2.21. The molecule has 1 heterocycles. The second-order valence-corrected chi connectivity index (χ2v) is 6.64. The Hall–Kier alpha value is -3.58. The lowest BCUT2D eigenvalue weighted by Gasteiger charge is -2.17. The number of benzene rings is 2. The number of non-ortho nitro benzene ring substituents is 1. The maximum Gasteiger partial charge on any atom is 0.269 e. The molecule has 1 N–H and O–H groups in total. The summed E-state index contributed by atoms with van der Waals surface area (Å²) in [7, 11) is 0. The van der Waals surface area contributed by atoms with Crippen molar-refractivity contribution in [2.45, 2.75) is 13.3 Å². The molecule has 1 aromatic heterocycles. The van der Waals surface area contributed by atoms with Gasteiger partial charge in [0.05, 0.1) is 4.92 Å². The number of nitro benzene ring substituents is 1. The molecule has 0 fully saturated rings. The molecule has 146 valence electrons. The molecule has 3 rings (SSSR count). The number of thiocarbonyl (C=S) groups is 1. The summed E-state index contributed by atoms with van der Waals surface area (Å²) in [5, 5.41) is 27.3. The van der Waals surface area contributed by atoms with Gasteiger partial charge in [0.15, 0.2) is 17.4 Å². The van der Waals surface area contributed by atoms with E-state index in [2.05, 4.69) is 5.32 Å². The highest BCUT2D eigenvalue weighted by molar-refractivity contribution is 7.81. The number of nitro groups is 1. The Morgan fingerprint density at radius 3 is 2.31 bits per heavy atom. The first-order chi connectivity index (χ1) is 14.0. The summed E-state index contributed by atoms with van der Waals surface area (Å²) in [6, 6.07) is 18.7. The number of rotatable bonds is 6. The predicted octanol–water partition coefficient (Wildman–Crippen LogP) is 3.57. The lowest BCUT2D eigenvalue weighted by Crippen LogP contribution is -2.39. The number of anilines is 1. The summed E-state index contributed by atoms with van der Waals surface area (Å²) >= 11 is 5.59. The van der Waals surface area contributed by atoms with Crippen LogP contribution in [0.1, 0.15) is 18.1 Å². The van der Waals surface area contributed by atoms with Gasteiger partial charge in [-0.05, 0) is 41.5 Å². The van der Waals surface area contributed by atoms with E-state index < -0.39 is 4.92 Å². The molecule has 6 nitrogen and oxygen atoms in total. The highest BCUT2D eigenvalue weighted by atomic mass is 32.1. The van der Waals surface area contributed by atoms with E-state index >= 15 is 0 Å². The van der Waals surface area contributed by atoms with E-state index in [1.54, 1.807) is 29.1 Å². The van der Waals surface area contributed by atoms with Crippen LogP contribution in [0.3, 0.4) is 0 Å². The van der Waals surface area contributed by atoms with Crippen molar-refractivity contribution in [3.05, 3.63) is 100 Å². The second kappa shape index (κ2) is 9.07. The van der Waals surface area contributed by atoms with E-state index in [0.717, 1.165) is 17.7 Å². The van der Waals surface area contributed by atoms with E-state index in [9.17, 15) is 15.2 Å².